The van der Waals surface area contributed by atoms with Gasteiger partial charge in [0, 0.05) is 80.8 Å². The van der Waals surface area contributed by atoms with Crippen LogP contribution in [0.4, 0.5) is 22.7 Å². The minimum atomic E-state index is 0.993. The summed E-state index contributed by atoms with van der Waals surface area (Å²) in [6.07, 6.45) is 7.21. The van der Waals surface area contributed by atoms with Crippen LogP contribution in [0.5, 0.6) is 0 Å². The lowest BCUT2D eigenvalue weighted by Gasteiger charge is -2.15. The third-order valence-corrected chi connectivity index (χ3v) is 11.5. The van der Waals surface area contributed by atoms with Crippen LogP contribution in [0.25, 0.3) is 77.9 Å². The summed E-state index contributed by atoms with van der Waals surface area (Å²) in [6.45, 7) is 0. The molecular weight excluding hydrogens is 757 g/mol. The van der Waals surface area contributed by atoms with Crippen LogP contribution in [-0.2, 0) is 0 Å². The van der Waals surface area contributed by atoms with Gasteiger partial charge in [-0.05, 0) is 107 Å². The molecule has 2 N–H and O–H groups in total. The van der Waals surface area contributed by atoms with E-state index in [0.29, 0.717) is 0 Å². The molecule has 0 bridgehead atoms. The topological polar surface area (TPSA) is 59.7 Å². The summed E-state index contributed by atoms with van der Waals surface area (Å²) in [5.74, 6) is 0. The minimum absolute atomic E-state index is 0.993. The van der Waals surface area contributed by atoms with Crippen molar-refractivity contribution in [1.82, 2.24) is 19.1 Å². The van der Waals surface area contributed by atoms with Gasteiger partial charge in [0.15, 0.2) is 0 Å². The van der Waals surface area contributed by atoms with Crippen molar-refractivity contribution in [1.29, 1.82) is 0 Å². The Balaban J connectivity index is 1.22. The predicted molar refractivity (Wildman–Crippen MR) is 257 cm³/mol. The van der Waals surface area contributed by atoms with E-state index in [1.165, 1.54) is 21.9 Å². The van der Waals surface area contributed by atoms with E-state index in [1.54, 1.807) is 24.8 Å². The van der Waals surface area contributed by atoms with Crippen molar-refractivity contribution >= 4 is 44.6 Å². The zero-order valence-corrected chi connectivity index (χ0v) is 33.7. The maximum Gasteiger partial charge on any atom is 0.0619 e. The van der Waals surface area contributed by atoms with Crippen molar-refractivity contribution in [2.24, 2.45) is 0 Å². The molecule has 0 amide bonds. The fraction of sp³-hybridized carbons (Fsp3) is 0. The molecule has 6 nitrogen and oxygen atoms in total. The van der Waals surface area contributed by atoms with Gasteiger partial charge in [-0.3, -0.25) is 9.97 Å². The molecule has 0 aliphatic carbocycles. The molecule has 4 heterocycles. The van der Waals surface area contributed by atoms with Crippen molar-refractivity contribution < 1.29 is 0 Å². The molecule has 62 heavy (non-hydrogen) atoms. The molecule has 0 radical (unpaired) electrons. The lowest BCUT2D eigenvalue weighted by molar-refractivity contribution is 1.13. The highest BCUT2D eigenvalue weighted by Gasteiger charge is 2.27. The Kier molecular flexibility index (Phi) is 9.41. The fourth-order valence-electron chi connectivity index (χ4n) is 8.73. The molecular formula is C56H40N6. The first-order valence-corrected chi connectivity index (χ1v) is 20.8. The number of fused-ring (bicyclic) bond motifs is 2. The fourth-order valence-corrected chi connectivity index (χ4v) is 8.73. The van der Waals surface area contributed by atoms with Gasteiger partial charge in [0.25, 0.3) is 0 Å². The molecule has 0 aliphatic heterocycles. The van der Waals surface area contributed by atoms with Crippen LogP contribution in [0.3, 0.4) is 0 Å². The van der Waals surface area contributed by atoms with Crippen molar-refractivity contribution in [3.63, 3.8) is 0 Å². The van der Waals surface area contributed by atoms with E-state index in [1.807, 2.05) is 24.3 Å². The molecule has 0 atom stereocenters. The zero-order valence-electron chi connectivity index (χ0n) is 33.7. The summed E-state index contributed by atoms with van der Waals surface area (Å²) in [5.41, 5.74) is 17.6. The predicted octanol–water partition coefficient (Wildman–Crippen LogP) is 14.5. The number of anilines is 4. The number of nitrogens with zero attached hydrogens (tertiary/aromatic N) is 4. The third kappa shape index (κ3) is 6.76. The van der Waals surface area contributed by atoms with E-state index in [0.717, 1.165) is 78.8 Å². The standard InChI is InChI=1S/C56H40N6/c1-5-13-39(14-6-1)53-49-37-52-50(38-51(49)61(47-17-9-3-10-18-47)55(53)41-21-25-43(26-22-41)59-45-29-33-57-34-30-45)54(40-15-7-2-8-16-40)56(62(52)48-19-11-4-12-20-48)42-23-27-44(28-24-42)60-46-31-35-58-36-32-46/h1-38H,(H,57,59)(H,58,60). The van der Waals surface area contributed by atoms with Crippen LogP contribution in [-0.4, -0.2) is 19.1 Å². The number of rotatable bonds is 10. The van der Waals surface area contributed by atoms with Crippen LogP contribution < -0.4 is 10.6 Å². The number of hydrogen-bond acceptors (Lipinski definition) is 4. The summed E-state index contributed by atoms with van der Waals surface area (Å²) in [7, 11) is 0. The molecule has 0 unspecified atom stereocenters. The maximum absolute atomic E-state index is 4.19. The number of nitrogens with one attached hydrogen (secondary N) is 2. The molecule has 0 aliphatic rings. The van der Waals surface area contributed by atoms with Gasteiger partial charge in [0.1, 0.15) is 0 Å². The Bertz CT molecular complexity index is 2910. The van der Waals surface area contributed by atoms with E-state index in [4.69, 9.17) is 0 Å². The van der Waals surface area contributed by atoms with Gasteiger partial charge in [-0.2, -0.15) is 0 Å². The Morgan fingerprint density at radius 2 is 0.629 bits per heavy atom. The molecule has 4 aromatic heterocycles. The molecule has 0 saturated heterocycles. The second kappa shape index (κ2) is 15.9. The number of pyridine rings is 2. The molecule has 11 rings (SSSR count). The van der Waals surface area contributed by atoms with Crippen molar-refractivity contribution in [3.8, 4) is 56.1 Å². The van der Waals surface area contributed by atoms with Crippen molar-refractivity contribution in [3.05, 3.63) is 231 Å². The van der Waals surface area contributed by atoms with Gasteiger partial charge in [0.2, 0.25) is 0 Å². The van der Waals surface area contributed by atoms with E-state index < -0.39 is 0 Å². The smallest absolute Gasteiger partial charge is 0.0619 e. The molecule has 0 fully saturated rings. The Labute approximate surface area is 360 Å². The second-order valence-corrected chi connectivity index (χ2v) is 15.3. The average molecular weight is 797 g/mol. The lowest BCUT2D eigenvalue weighted by Crippen LogP contribution is -1.98. The summed E-state index contributed by atoms with van der Waals surface area (Å²) in [4.78, 5) is 8.38. The van der Waals surface area contributed by atoms with E-state index in [9.17, 15) is 0 Å². The van der Waals surface area contributed by atoms with Crippen LogP contribution in [0.1, 0.15) is 0 Å². The molecule has 0 saturated carbocycles. The highest BCUT2D eigenvalue weighted by molar-refractivity contribution is 6.15. The van der Waals surface area contributed by atoms with Gasteiger partial charge in [0.05, 0.1) is 22.4 Å². The summed E-state index contributed by atoms with van der Waals surface area (Å²) >= 11 is 0. The lowest BCUT2D eigenvalue weighted by atomic mass is 9.96. The number of hydrogen-bond donors (Lipinski definition) is 2. The quantitative estimate of drug-likeness (QED) is 0.145. The zero-order chi connectivity index (χ0) is 41.2. The second-order valence-electron chi connectivity index (χ2n) is 15.3. The van der Waals surface area contributed by atoms with Gasteiger partial charge >= 0.3 is 0 Å². The maximum atomic E-state index is 4.19. The largest absolute Gasteiger partial charge is 0.355 e. The highest BCUT2D eigenvalue weighted by Crippen LogP contribution is 2.49. The van der Waals surface area contributed by atoms with E-state index >= 15 is 0 Å². The van der Waals surface area contributed by atoms with E-state index in [-0.39, 0.29) is 0 Å². The van der Waals surface area contributed by atoms with Crippen molar-refractivity contribution in [2.45, 2.75) is 0 Å². The van der Waals surface area contributed by atoms with Crippen LogP contribution in [0, 0.1) is 0 Å². The Morgan fingerprint density at radius 1 is 0.306 bits per heavy atom. The van der Waals surface area contributed by atoms with Gasteiger partial charge in [-0.25, -0.2) is 0 Å². The minimum Gasteiger partial charge on any atom is -0.355 e. The van der Waals surface area contributed by atoms with Gasteiger partial charge in [-0.1, -0.05) is 121 Å². The van der Waals surface area contributed by atoms with Crippen LogP contribution >= 0.6 is 0 Å². The van der Waals surface area contributed by atoms with E-state index in [2.05, 4.69) is 212 Å². The average Bonchev–Trinajstić information content (AvgIpc) is 3.86. The molecule has 6 heteroatoms. The van der Waals surface area contributed by atoms with Crippen LogP contribution in [0.2, 0.25) is 0 Å². The first kappa shape index (κ1) is 36.6. The molecule has 11 aromatic rings. The number of aromatic nitrogens is 4. The first-order valence-electron chi connectivity index (χ1n) is 20.8. The Hall–Kier alpha value is -8.48. The van der Waals surface area contributed by atoms with Crippen molar-refractivity contribution in [2.75, 3.05) is 10.6 Å². The SMILES string of the molecule is c1ccc(-c2c(-c3ccc(Nc4ccncc4)cc3)n(-c3ccccc3)c3cc4c(-c5ccccc5)c(-c5ccc(Nc6ccncc6)cc5)n(-c5ccccc5)c4cc23)cc1. The monoisotopic (exact) mass is 796 g/mol. The first-order chi connectivity index (χ1) is 30.8. The normalized spacial score (nSPS) is 11.2. The summed E-state index contributed by atoms with van der Waals surface area (Å²) < 4.78 is 4.91. The third-order valence-electron chi connectivity index (χ3n) is 11.5. The molecule has 7 aromatic carbocycles. The van der Waals surface area contributed by atoms with Gasteiger partial charge < -0.3 is 19.8 Å². The highest BCUT2D eigenvalue weighted by atomic mass is 15.0. The summed E-state index contributed by atoms with van der Waals surface area (Å²) in [5, 5.41) is 9.41. The number of para-hydroxylation sites is 2. The molecule has 294 valence electrons. The molecule has 0 spiro atoms. The Morgan fingerprint density at radius 3 is 0.984 bits per heavy atom. The van der Waals surface area contributed by atoms with Crippen LogP contribution in [0.15, 0.2) is 231 Å². The van der Waals surface area contributed by atoms with Gasteiger partial charge in [-0.15, -0.1) is 0 Å². The summed E-state index contributed by atoms with van der Waals surface area (Å²) in [6, 6.07) is 73.5. The number of benzene rings is 7.